The molecule has 0 fully saturated rings. The van der Waals surface area contributed by atoms with Gasteiger partial charge in [-0.15, -0.1) is 0 Å². The van der Waals surface area contributed by atoms with E-state index in [4.69, 9.17) is 11.6 Å². The number of hydrazone groups is 1. The second kappa shape index (κ2) is 15.8. The van der Waals surface area contributed by atoms with Crippen molar-refractivity contribution in [3.63, 3.8) is 0 Å². The molecular formula is C26H38ClN3O. The maximum atomic E-state index is 12.0. The summed E-state index contributed by atoms with van der Waals surface area (Å²) < 4.78 is 0. The highest BCUT2D eigenvalue weighted by Crippen LogP contribution is 2.19. The standard InChI is InChI=1S/C26H38ClN3O/c1-2-3-4-5-6-7-8-9-10-11-12-13-14-19-25(31)30-28-21-23-20-22-17-15-16-18-24(22)29-26(23)27/h15-18,20-21H,2-14,19H2,1H3,(H,30,31)/b28-21+. The van der Waals surface area contributed by atoms with Crippen LogP contribution in [0.15, 0.2) is 35.4 Å². The molecule has 0 radical (unpaired) electrons. The predicted molar refractivity (Wildman–Crippen MR) is 133 cm³/mol. The van der Waals surface area contributed by atoms with Gasteiger partial charge in [0.2, 0.25) is 5.91 Å². The van der Waals surface area contributed by atoms with Crippen LogP contribution in [0.25, 0.3) is 10.9 Å². The van der Waals surface area contributed by atoms with Crippen LogP contribution >= 0.6 is 11.6 Å². The Balaban J connectivity index is 1.49. The van der Waals surface area contributed by atoms with Crippen molar-refractivity contribution < 1.29 is 4.79 Å². The second-order valence-corrected chi connectivity index (χ2v) is 8.70. The van der Waals surface area contributed by atoms with Crippen molar-refractivity contribution in [1.82, 2.24) is 10.4 Å². The van der Waals surface area contributed by atoms with Crippen LogP contribution in [0.3, 0.4) is 0 Å². The third-order valence-electron chi connectivity index (χ3n) is 5.60. The first-order chi connectivity index (χ1) is 15.2. The Labute approximate surface area is 192 Å². The molecule has 5 heteroatoms. The maximum absolute atomic E-state index is 12.0. The fourth-order valence-corrected chi connectivity index (χ4v) is 3.93. The Morgan fingerprint density at radius 3 is 2.16 bits per heavy atom. The number of nitrogens with zero attached hydrogens (tertiary/aromatic N) is 2. The monoisotopic (exact) mass is 443 g/mol. The molecule has 31 heavy (non-hydrogen) atoms. The topological polar surface area (TPSA) is 54.4 Å². The number of unbranched alkanes of at least 4 members (excludes halogenated alkanes) is 12. The van der Waals surface area contributed by atoms with Crippen LogP contribution in [-0.2, 0) is 4.79 Å². The van der Waals surface area contributed by atoms with Crippen LogP contribution in [0.1, 0.15) is 102 Å². The minimum atomic E-state index is -0.0517. The fourth-order valence-electron chi connectivity index (χ4n) is 3.73. The van der Waals surface area contributed by atoms with Crippen molar-refractivity contribution in [2.75, 3.05) is 0 Å². The average molecular weight is 444 g/mol. The van der Waals surface area contributed by atoms with E-state index in [1.165, 1.54) is 70.6 Å². The van der Waals surface area contributed by atoms with E-state index in [0.717, 1.165) is 23.7 Å². The van der Waals surface area contributed by atoms with Crippen molar-refractivity contribution in [2.24, 2.45) is 5.10 Å². The molecule has 1 aromatic carbocycles. The lowest BCUT2D eigenvalue weighted by molar-refractivity contribution is -0.121. The van der Waals surface area contributed by atoms with Crippen molar-refractivity contribution in [1.29, 1.82) is 0 Å². The Kier molecular flexibility index (Phi) is 12.9. The Morgan fingerprint density at radius 1 is 0.935 bits per heavy atom. The first kappa shape index (κ1) is 25.3. The number of amides is 1. The van der Waals surface area contributed by atoms with Crippen molar-refractivity contribution in [3.8, 4) is 0 Å². The molecule has 0 unspecified atom stereocenters. The molecule has 0 aliphatic heterocycles. The third-order valence-corrected chi connectivity index (χ3v) is 5.91. The van der Waals surface area contributed by atoms with Gasteiger partial charge in [0.05, 0.1) is 11.7 Å². The molecule has 1 N–H and O–H groups in total. The molecule has 1 amide bonds. The second-order valence-electron chi connectivity index (χ2n) is 8.35. The summed E-state index contributed by atoms with van der Waals surface area (Å²) in [5, 5.41) is 5.42. The minimum absolute atomic E-state index is 0.0517. The lowest BCUT2D eigenvalue weighted by atomic mass is 10.0. The highest BCUT2D eigenvalue weighted by molar-refractivity contribution is 6.32. The molecule has 1 heterocycles. The Bertz CT molecular complexity index is 806. The first-order valence-corrected chi connectivity index (χ1v) is 12.5. The molecular weight excluding hydrogens is 406 g/mol. The van der Waals surface area contributed by atoms with E-state index >= 15 is 0 Å². The van der Waals surface area contributed by atoms with E-state index in [2.05, 4.69) is 22.4 Å². The number of para-hydroxylation sites is 1. The van der Waals surface area contributed by atoms with Crippen LogP contribution in [0.2, 0.25) is 5.15 Å². The first-order valence-electron chi connectivity index (χ1n) is 12.1. The van der Waals surface area contributed by atoms with E-state index in [0.29, 0.717) is 17.1 Å². The number of carbonyl (C=O) groups is 1. The normalized spacial score (nSPS) is 11.4. The van der Waals surface area contributed by atoms with E-state index in [1.807, 2.05) is 30.3 Å². The SMILES string of the molecule is CCCCCCCCCCCCCCCC(=O)N/N=C/c1cc2ccccc2nc1Cl. The van der Waals surface area contributed by atoms with Crippen LogP contribution in [0.4, 0.5) is 0 Å². The van der Waals surface area contributed by atoms with Gasteiger partial charge in [0.25, 0.3) is 0 Å². The average Bonchev–Trinajstić information content (AvgIpc) is 2.77. The molecule has 2 aromatic rings. The van der Waals surface area contributed by atoms with Gasteiger partial charge in [-0.2, -0.15) is 5.10 Å². The van der Waals surface area contributed by atoms with Crippen molar-refractivity contribution in [2.45, 2.75) is 96.8 Å². The largest absolute Gasteiger partial charge is 0.273 e. The molecule has 0 saturated heterocycles. The summed E-state index contributed by atoms with van der Waals surface area (Å²) in [6.45, 7) is 2.27. The molecule has 2 rings (SSSR count). The third kappa shape index (κ3) is 10.8. The van der Waals surface area contributed by atoms with Crippen LogP contribution in [-0.4, -0.2) is 17.1 Å². The number of benzene rings is 1. The number of aromatic nitrogens is 1. The Morgan fingerprint density at radius 2 is 1.52 bits per heavy atom. The zero-order chi connectivity index (χ0) is 22.2. The summed E-state index contributed by atoms with van der Waals surface area (Å²) in [4.78, 5) is 16.3. The van der Waals surface area contributed by atoms with Crippen molar-refractivity contribution in [3.05, 3.63) is 41.0 Å². The van der Waals surface area contributed by atoms with Gasteiger partial charge in [0.1, 0.15) is 5.15 Å². The number of rotatable bonds is 16. The smallest absolute Gasteiger partial charge is 0.240 e. The number of nitrogens with one attached hydrogen (secondary N) is 1. The Hall–Kier alpha value is -1.94. The molecule has 4 nitrogen and oxygen atoms in total. The molecule has 0 saturated carbocycles. The summed E-state index contributed by atoms with van der Waals surface area (Å²) in [6.07, 6.45) is 19.0. The fraction of sp³-hybridized carbons (Fsp3) is 0.577. The van der Waals surface area contributed by atoms with Gasteiger partial charge in [0.15, 0.2) is 0 Å². The van der Waals surface area contributed by atoms with Crippen LogP contribution in [0.5, 0.6) is 0 Å². The zero-order valence-corrected chi connectivity index (χ0v) is 19.8. The molecule has 0 aliphatic carbocycles. The van der Waals surface area contributed by atoms with Gasteiger partial charge in [0, 0.05) is 17.4 Å². The lowest BCUT2D eigenvalue weighted by Gasteiger charge is -2.03. The molecule has 1 aromatic heterocycles. The van der Waals surface area contributed by atoms with Crippen LogP contribution in [0, 0.1) is 0 Å². The molecule has 170 valence electrons. The van der Waals surface area contributed by atoms with Gasteiger partial charge in [-0.3, -0.25) is 4.79 Å². The highest BCUT2D eigenvalue weighted by atomic mass is 35.5. The maximum Gasteiger partial charge on any atom is 0.240 e. The molecule has 0 spiro atoms. The number of hydrogen-bond acceptors (Lipinski definition) is 3. The van der Waals surface area contributed by atoms with Gasteiger partial charge in [-0.05, 0) is 18.6 Å². The van der Waals surface area contributed by atoms with E-state index in [-0.39, 0.29) is 5.91 Å². The summed E-state index contributed by atoms with van der Waals surface area (Å²) in [5.74, 6) is -0.0517. The number of fused-ring (bicyclic) bond motifs is 1. The number of halogens is 1. The zero-order valence-electron chi connectivity index (χ0n) is 19.0. The quantitative estimate of drug-likeness (QED) is 0.124. The lowest BCUT2D eigenvalue weighted by Crippen LogP contribution is -2.16. The van der Waals surface area contributed by atoms with Crippen molar-refractivity contribution >= 4 is 34.6 Å². The minimum Gasteiger partial charge on any atom is -0.273 e. The van der Waals surface area contributed by atoms with Gasteiger partial charge in [-0.25, -0.2) is 10.4 Å². The summed E-state index contributed by atoms with van der Waals surface area (Å²) in [6, 6.07) is 9.70. The van der Waals surface area contributed by atoms with Crippen LogP contribution < -0.4 is 5.43 Å². The van der Waals surface area contributed by atoms with E-state index in [9.17, 15) is 4.79 Å². The number of pyridine rings is 1. The number of hydrogen-bond donors (Lipinski definition) is 1. The predicted octanol–water partition coefficient (Wildman–Crippen LogP) is 7.82. The summed E-state index contributed by atoms with van der Waals surface area (Å²) in [5.41, 5.74) is 4.13. The van der Waals surface area contributed by atoms with E-state index in [1.54, 1.807) is 6.21 Å². The van der Waals surface area contributed by atoms with E-state index < -0.39 is 0 Å². The molecule has 0 aliphatic rings. The molecule has 0 bridgehead atoms. The van der Waals surface area contributed by atoms with Gasteiger partial charge < -0.3 is 0 Å². The molecule has 0 atom stereocenters. The summed E-state index contributed by atoms with van der Waals surface area (Å²) >= 11 is 6.20. The van der Waals surface area contributed by atoms with Gasteiger partial charge in [-0.1, -0.05) is 114 Å². The number of carbonyl (C=O) groups excluding carboxylic acids is 1. The summed E-state index contributed by atoms with van der Waals surface area (Å²) in [7, 11) is 0. The highest BCUT2D eigenvalue weighted by Gasteiger charge is 2.03. The van der Waals surface area contributed by atoms with Gasteiger partial charge >= 0.3 is 0 Å².